The number of hydrogen-bond acceptors (Lipinski definition) is 4. The van der Waals surface area contributed by atoms with Gasteiger partial charge in [0, 0.05) is 29.7 Å². The van der Waals surface area contributed by atoms with Gasteiger partial charge in [0.25, 0.3) is 10.0 Å². The van der Waals surface area contributed by atoms with Crippen molar-refractivity contribution in [2.75, 3.05) is 15.4 Å². The smallest absolute Gasteiger partial charge is 0.261 e. The summed E-state index contributed by atoms with van der Waals surface area (Å²) < 4.78 is 40.1. The molecule has 0 unspecified atom stereocenters. The molecule has 0 fully saturated rings. The van der Waals surface area contributed by atoms with E-state index in [0.29, 0.717) is 11.4 Å². The molecule has 0 saturated carbocycles. The van der Waals surface area contributed by atoms with E-state index in [9.17, 15) is 17.6 Å². The molecule has 8 heteroatoms. The molecule has 3 N–H and O–H groups in total. The number of nitrogens with one attached hydrogen (secondary N) is 3. The fourth-order valence-electron chi connectivity index (χ4n) is 2.49. The highest BCUT2D eigenvalue weighted by Gasteiger charge is 2.14. The van der Waals surface area contributed by atoms with Gasteiger partial charge in [0.05, 0.1) is 4.90 Å². The summed E-state index contributed by atoms with van der Waals surface area (Å²) in [5.74, 6) is -0.660. The number of carbonyl (C=O) groups excluding carboxylic acids is 1. The Morgan fingerprint density at radius 2 is 1.43 bits per heavy atom. The maximum absolute atomic E-state index is 13.0. The van der Waals surface area contributed by atoms with Crippen LogP contribution in [0.5, 0.6) is 0 Å². The van der Waals surface area contributed by atoms with Gasteiger partial charge in [0.15, 0.2) is 0 Å². The van der Waals surface area contributed by atoms with Crippen molar-refractivity contribution in [1.82, 2.24) is 0 Å². The van der Waals surface area contributed by atoms with Crippen LogP contribution in [-0.2, 0) is 14.8 Å². The summed E-state index contributed by atoms with van der Waals surface area (Å²) in [5.41, 5.74) is 2.55. The molecule has 0 heterocycles. The summed E-state index contributed by atoms with van der Waals surface area (Å²) >= 11 is 0. The number of rotatable bonds is 6. The lowest BCUT2D eigenvalue weighted by Crippen LogP contribution is -2.12. The minimum atomic E-state index is -3.80. The third kappa shape index (κ3) is 5.08. The Bertz CT molecular complexity index is 1080. The highest BCUT2D eigenvalue weighted by atomic mass is 32.2. The van der Waals surface area contributed by atoms with Crippen LogP contribution >= 0.6 is 0 Å². The summed E-state index contributed by atoms with van der Waals surface area (Å²) in [5, 5.41) is 5.88. The monoisotopic (exact) mass is 399 g/mol. The summed E-state index contributed by atoms with van der Waals surface area (Å²) in [6.45, 7) is 1.44. The summed E-state index contributed by atoms with van der Waals surface area (Å²) in [4.78, 5) is 11.1. The number of benzene rings is 3. The highest BCUT2D eigenvalue weighted by molar-refractivity contribution is 7.92. The van der Waals surface area contributed by atoms with Gasteiger partial charge in [-0.2, -0.15) is 0 Å². The van der Waals surface area contributed by atoms with Crippen LogP contribution in [0.2, 0.25) is 0 Å². The molecule has 1 amide bonds. The van der Waals surface area contributed by atoms with Crippen LogP contribution in [0.15, 0.2) is 77.7 Å². The number of hydrogen-bond donors (Lipinski definition) is 3. The van der Waals surface area contributed by atoms with Gasteiger partial charge in [-0.3, -0.25) is 9.52 Å². The zero-order valence-electron chi connectivity index (χ0n) is 14.9. The minimum absolute atomic E-state index is 0.0223. The number of halogens is 1. The minimum Gasteiger partial charge on any atom is -0.355 e. The molecule has 0 atom stereocenters. The van der Waals surface area contributed by atoms with Crippen LogP contribution in [-0.4, -0.2) is 14.3 Å². The molecule has 0 spiro atoms. The van der Waals surface area contributed by atoms with Gasteiger partial charge in [0.1, 0.15) is 5.82 Å². The average Bonchev–Trinajstić information content (AvgIpc) is 2.63. The van der Waals surface area contributed by atoms with Crippen molar-refractivity contribution in [3.63, 3.8) is 0 Å². The van der Waals surface area contributed by atoms with Crippen molar-refractivity contribution in [2.45, 2.75) is 11.8 Å². The number of amides is 1. The number of anilines is 4. The fourth-order valence-corrected chi connectivity index (χ4v) is 3.55. The lowest BCUT2D eigenvalue weighted by atomic mass is 10.2. The summed E-state index contributed by atoms with van der Waals surface area (Å²) in [7, 11) is -3.80. The van der Waals surface area contributed by atoms with Gasteiger partial charge in [-0.05, 0) is 66.7 Å². The van der Waals surface area contributed by atoms with Gasteiger partial charge in [-0.1, -0.05) is 6.07 Å². The molecule has 0 aliphatic rings. The van der Waals surface area contributed by atoms with Crippen molar-refractivity contribution >= 4 is 38.7 Å². The highest BCUT2D eigenvalue weighted by Crippen LogP contribution is 2.23. The van der Waals surface area contributed by atoms with Crippen molar-refractivity contribution < 1.29 is 17.6 Å². The Morgan fingerprint density at radius 3 is 2.07 bits per heavy atom. The topological polar surface area (TPSA) is 87.3 Å². The summed E-state index contributed by atoms with van der Waals surface area (Å²) in [6, 6.07) is 18.5. The number of carbonyl (C=O) groups is 1. The van der Waals surface area contributed by atoms with E-state index in [1.165, 1.54) is 19.1 Å². The van der Waals surface area contributed by atoms with Crippen LogP contribution in [0.25, 0.3) is 0 Å². The molecular formula is C20H18FN3O3S. The first-order valence-corrected chi connectivity index (χ1v) is 9.83. The fraction of sp³-hybridized carbons (Fsp3) is 0.0500. The molecule has 144 valence electrons. The second kappa shape index (κ2) is 8.10. The van der Waals surface area contributed by atoms with Crippen LogP contribution in [0.1, 0.15) is 6.92 Å². The Balaban J connectivity index is 1.70. The van der Waals surface area contributed by atoms with Crippen LogP contribution in [0, 0.1) is 5.82 Å². The largest absolute Gasteiger partial charge is 0.355 e. The first-order chi connectivity index (χ1) is 13.3. The van der Waals surface area contributed by atoms with Gasteiger partial charge >= 0.3 is 0 Å². The van der Waals surface area contributed by atoms with E-state index in [-0.39, 0.29) is 10.8 Å². The Labute approximate surface area is 162 Å². The maximum atomic E-state index is 13.0. The molecule has 3 rings (SSSR count). The Morgan fingerprint density at radius 1 is 0.821 bits per heavy atom. The molecular weight excluding hydrogens is 381 g/mol. The predicted molar refractivity (Wildman–Crippen MR) is 108 cm³/mol. The Kier molecular flexibility index (Phi) is 5.60. The van der Waals surface area contributed by atoms with Gasteiger partial charge in [-0.25, -0.2) is 12.8 Å². The zero-order valence-corrected chi connectivity index (χ0v) is 15.8. The van der Waals surface area contributed by atoms with E-state index >= 15 is 0 Å². The molecule has 28 heavy (non-hydrogen) atoms. The molecule has 3 aromatic carbocycles. The molecule has 0 aromatic heterocycles. The van der Waals surface area contributed by atoms with E-state index in [2.05, 4.69) is 15.4 Å². The van der Waals surface area contributed by atoms with E-state index in [0.717, 1.165) is 23.5 Å². The second-order valence-electron chi connectivity index (χ2n) is 6.02. The van der Waals surface area contributed by atoms with Crippen molar-refractivity contribution in [3.05, 3.63) is 78.6 Å². The normalized spacial score (nSPS) is 10.9. The Hall–Kier alpha value is -3.39. The first kappa shape index (κ1) is 19.4. The third-order valence-corrected chi connectivity index (χ3v) is 5.13. The van der Waals surface area contributed by atoms with Gasteiger partial charge < -0.3 is 10.6 Å². The molecule has 0 aliphatic heterocycles. The molecule has 0 bridgehead atoms. The quantitative estimate of drug-likeness (QED) is 0.576. The van der Waals surface area contributed by atoms with E-state index in [4.69, 9.17) is 0 Å². The zero-order chi connectivity index (χ0) is 20.1. The van der Waals surface area contributed by atoms with Crippen molar-refractivity contribution in [1.29, 1.82) is 0 Å². The summed E-state index contributed by atoms with van der Waals surface area (Å²) in [6.07, 6.45) is 0. The molecule has 0 saturated heterocycles. The number of sulfonamides is 1. The van der Waals surface area contributed by atoms with Gasteiger partial charge in [-0.15, -0.1) is 0 Å². The average molecular weight is 399 g/mol. The lowest BCUT2D eigenvalue weighted by Gasteiger charge is -2.11. The van der Waals surface area contributed by atoms with Crippen molar-refractivity contribution in [3.8, 4) is 0 Å². The first-order valence-electron chi connectivity index (χ1n) is 8.35. The van der Waals surface area contributed by atoms with Crippen LogP contribution in [0.4, 0.5) is 27.1 Å². The molecule has 3 aromatic rings. The standard InChI is InChI=1S/C20H18FN3O3S/c1-14(25)22-18-3-2-4-19(13-18)23-16-7-9-17(10-8-16)24-28(26,27)20-11-5-15(21)6-12-20/h2-13,23-24H,1H3,(H,22,25). The van der Waals surface area contributed by atoms with Crippen LogP contribution < -0.4 is 15.4 Å². The molecule has 0 aliphatic carbocycles. The second-order valence-corrected chi connectivity index (χ2v) is 7.71. The van der Waals surface area contributed by atoms with E-state index < -0.39 is 15.8 Å². The van der Waals surface area contributed by atoms with Gasteiger partial charge in [0.2, 0.25) is 5.91 Å². The van der Waals surface area contributed by atoms with Crippen LogP contribution in [0.3, 0.4) is 0 Å². The SMILES string of the molecule is CC(=O)Nc1cccc(Nc2ccc(NS(=O)(=O)c3ccc(F)cc3)cc2)c1. The van der Waals surface area contributed by atoms with Crippen molar-refractivity contribution in [2.24, 2.45) is 0 Å². The predicted octanol–water partition coefficient (Wildman–Crippen LogP) is 4.33. The molecule has 6 nitrogen and oxygen atoms in total. The third-order valence-electron chi connectivity index (χ3n) is 3.73. The van der Waals surface area contributed by atoms with E-state index in [1.807, 2.05) is 6.07 Å². The van der Waals surface area contributed by atoms with E-state index in [1.54, 1.807) is 42.5 Å². The maximum Gasteiger partial charge on any atom is 0.261 e. The lowest BCUT2D eigenvalue weighted by molar-refractivity contribution is -0.114. The molecule has 0 radical (unpaired) electrons.